The van der Waals surface area contributed by atoms with E-state index < -0.39 is 22.0 Å². The minimum atomic E-state index is -0.828. The predicted molar refractivity (Wildman–Crippen MR) is 94.6 cm³/mol. The van der Waals surface area contributed by atoms with Crippen LogP contribution in [0.25, 0.3) is 21.7 Å². The summed E-state index contributed by atoms with van der Waals surface area (Å²) in [6, 6.07) is 11.4. The highest BCUT2D eigenvalue weighted by atomic mass is 16.2. The third-order valence-corrected chi connectivity index (χ3v) is 4.32. The molecule has 0 saturated heterocycles. The molecule has 2 aromatic carbocycles. The van der Waals surface area contributed by atoms with Gasteiger partial charge in [0.15, 0.2) is 0 Å². The quantitative estimate of drug-likeness (QED) is 0.509. The zero-order chi connectivity index (χ0) is 17.6. The molecule has 124 valence electrons. The molecule has 4 rings (SSSR count). The minimum absolute atomic E-state index is 0.00272. The number of fused-ring (bicyclic) bond motifs is 2. The molecular formula is C18H13N3O4. The molecular weight excluding hydrogens is 322 g/mol. The first kappa shape index (κ1) is 15.1. The standard InChI is InChI=1S/C18H13N3O4/c22-15-11-8-10(7-6-9-4-2-1-3-5-9)20-21-14(11)16(23)13-12(15)17(24)19-18(13)25/h1-5,8,20-21H,6-7H2,(H,19,24,25). The zero-order valence-electron chi connectivity index (χ0n) is 13.0. The van der Waals surface area contributed by atoms with E-state index in [1.54, 1.807) is 6.07 Å². The second kappa shape index (κ2) is 5.55. The van der Waals surface area contributed by atoms with Gasteiger partial charge in [-0.2, -0.15) is 0 Å². The summed E-state index contributed by atoms with van der Waals surface area (Å²) in [4.78, 5) is 50.5. The lowest BCUT2D eigenvalue weighted by Crippen LogP contribution is -2.19. The number of hydrogen-bond donors (Lipinski definition) is 3. The average Bonchev–Trinajstić information content (AvgIpc) is 2.93. The summed E-state index contributed by atoms with van der Waals surface area (Å²) >= 11 is 0. The Balaban J connectivity index is 1.87. The van der Waals surface area contributed by atoms with Crippen LogP contribution in [0.2, 0.25) is 0 Å². The highest BCUT2D eigenvalue weighted by molar-refractivity contribution is 5.95. The second-order valence-electron chi connectivity index (χ2n) is 5.89. The fraction of sp³-hybridized carbons (Fsp3) is 0.111. The van der Waals surface area contributed by atoms with Crippen LogP contribution in [-0.4, -0.2) is 15.2 Å². The van der Waals surface area contributed by atoms with Gasteiger partial charge in [-0.05, 0) is 24.5 Å². The highest BCUT2D eigenvalue weighted by Crippen LogP contribution is 2.10. The van der Waals surface area contributed by atoms with Crippen molar-refractivity contribution < 1.29 is 0 Å². The molecule has 2 heterocycles. The van der Waals surface area contributed by atoms with Crippen LogP contribution in [-0.2, 0) is 12.8 Å². The maximum Gasteiger partial charge on any atom is 0.263 e. The van der Waals surface area contributed by atoms with Gasteiger partial charge in [-0.1, -0.05) is 30.3 Å². The van der Waals surface area contributed by atoms with Gasteiger partial charge < -0.3 is 5.10 Å². The van der Waals surface area contributed by atoms with Crippen molar-refractivity contribution in [2.45, 2.75) is 12.8 Å². The first-order valence-electron chi connectivity index (χ1n) is 7.76. The van der Waals surface area contributed by atoms with E-state index in [0.717, 1.165) is 17.7 Å². The van der Waals surface area contributed by atoms with E-state index >= 15 is 0 Å². The third kappa shape index (κ3) is 2.37. The van der Waals surface area contributed by atoms with Gasteiger partial charge in [0.05, 0.1) is 5.39 Å². The smallest absolute Gasteiger partial charge is 0.263 e. The molecule has 25 heavy (non-hydrogen) atoms. The number of nitrogens with one attached hydrogen (secondary N) is 3. The van der Waals surface area contributed by atoms with E-state index in [-0.39, 0.29) is 21.7 Å². The van der Waals surface area contributed by atoms with Gasteiger partial charge in [0, 0.05) is 5.69 Å². The Morgan fingerprint density at radius 3 is 2.16 bits per heavy atom. The fourth-order valence-electron chi connectivity index (χ4n) is 3.06. The molecule has 7 heteroatoms. The summed E-state index contributed by atoms with van der Waals surface area (Å²) in [7, 11) is 0. The van der Waals surface area contributed by atoms with Crippen LogP contribution in [0.3, 0.4) is 0 Å². The van der Waals surface area contributed by atoms with Crippen molar-refractivity contribution in [3.8, 4) is 0 Å². The van der Waals surface area contributed by atoms with Crippen molar-refractivity contribution in [1.29, 1.82) is 0 Å². The Hall–Kier alpha value is -3.48. The summed E-state index contributed by atoms with van der Waals surface area (Å²) in [5.41, 5.74) is -1.05. The van der Waals surface area contributed by atoms with Crippen molar-refractivity contribution in [2.24, 2.45) is 0 Å². The van der Waals surface area contributed by atoms with Gasteiger partial charge in [0.1, 0.15) is 16.3 Å². The van der Waals surface area contributed by atoms with Gasteiger partial charge in [-0.3, -0.25) is 29.3 Å². The summed E-state index contributed by atoms with van der Waals surface area (Å²) < 4.78 is 0. The van der Waals surface area contributed by atoms with E-state index in [9.17, 15) is 19.2 Å². The number of rotatable bonds is 3. The van der Waals surface area contributed by atoms with Crippen LogP contribution < -0.4 is 22.0 Å². The van der Waals surface area contributed by atoms with Gasteiger partial charge >= 0.3 is 0 Å². The van der Waals surface area contributed by atoms with Crippen LogP contribution in [0, 0.1) is 0 Å². The summed E-state index contributed by atoms with van der Waals surface area (Å²) in [6.07, 6.45) is 1.37. The normalized spacial score (nSPS) is 11.4. The molecule has 2 aromatic heterocycles. The van der Waals surface area contributed by atoms with E-state index in [1.807, 2.05) is 35.3 Å². The van der Waals surface area contributed by atoms with E-state index in [1.165, 1.54) is 0 Å². The third-order valence-electron chi connectivity index (χ3n) is 4.32. The number of H-pyrrole nitrogens is 3. The van der Waals surface area contributed by atoms with Crippen molar-refractivity contribution in [3.63, 3.8) is 0 Å². The topological polar surface area (TPSA) is 116 Å². The molecule has 0 unspecified atom stereocenters. The molecule has 4 aromatic rings. The minimum Gasteiger partial charge on any atom is -0.305 e. The molecule has 0 atom stereocenters. The molecule has 3 N–H and O–H groups in total. The summed E-state index contributed by atoms with van der Waals surface area (Å²) in [5.74, 6) is 0. The first-order valence-corrected chi connectivity index (χ1v) is 7.76. The van der Waals surface area contributed by atoms with Gasteiger partial charge in [-0.25, -0.2) is 0 Å². The molecule has 0 radical (unpaired) electrons. The van der Waals surface area contributed by atoms with Crippen LogP contribution in [0.15, 0.2) is 55.6 Å². The van der Waals surface area contributed by atoms with Crippen molar-refractivity contribution >= 4 is 21.7 Å². The van der Waals surface area contributed by atoms with Crippen molar-refractivity contribution in [1.82, 2.24) is 15.2 Å². The van der Waals surface area contributed by atoms with Crippen molar-refractivity contribution in [2.75, 3.05) is 0 Å². The number of aromatic nitrogens is 3. The monoisotopic (exact) mass is 335 g/mol. The molecule has 0 aliphatic carbocycles. The average molecular weight is 335 g/mol. The van der Waals surface area contributed by atoms with Gasteiger partial charge in [0.2, 0.25) is 10.9 Å². The van der Waals surface area contributed by atoms with Gasteiger partial charge in [0.25, 0.3) is 11.1 Å². The molecule has 0 fully saturated rings. The Kier molecular flexibility index (Phi) is 3.35. The maximum atomic E-state index is 12.6. The Bertz CT molecular complexity index is 1320. The van der Waals surface area contributed by atoms with E-state index in [2.05, 4.69) is 10.2 Å². The van der Waals surface area contributed by atoms with E-state index in [4.69, 9.17) is 0 Å². The lowest BCUT2D eigenvalue weighted by Gasteiger charge is -2.05. The SMILES string of the molecule is O=c1[nH]c(=O)c2c(=O)c3[nH][nH]c(CCc4ccccc4)cc3c(=O)c12. The maximum absolute atomic E-state index is 12.6. The lowest BCUT2D eigenvalue weighted by atomic mass is 10.1. The number of aryl methyl sites for hydroxylation is 2. The second-order valence-corrected chi connectivity index (χ2v) is 5.89. The lowest BCUT2D eigenvalue weighted by molar-refractivity contribution is 0.872. The van der Waals surface area contributed by atoms with Crippen molar-refractivity contribution in [3.05, 3.63) is 88.8 Å². The first-order chi connectivity index (χ1) is 12.1. The Morgan fingerprint density at radius 2 is 1.44 bits per heavy atom. The largest absolute Gasteiger partial charge is 0.305 e. The fourth-order valence-corrected chi connectivity index (χ4v) is 3.06. The number of aromatic amines is 3. The molecule has 0 saturated carbocycles. The molecule has 0 aliphatic heterocycles. The van der Waals surface area contributed by atoms with Crippen LogP contribution in [0.4, 0.5) is 0 Å². The number of hydrogen-bond acceptors (Lipinski definition) is 4. The number of benzene rings is 2. The van der Waals surface area contributed by atoms with Gasteiger partial charge in [-0.15, -0.1) is 0 Å². The zero-order valence-corrected chi connectivity index (χ0v) is 13.0. The van der Waals surface area contributed by atoms with Crippen LogP contribution >= 0.6 is 0 Å². The summed E-state index contributed by atoms with van der Waals surface area (Å²) in [5, 5.41) is 4.94. The van der Waals surface area contributed by atoms with E-state index in [0.29, 0.717) is 6.42 Å². The molecule has 0 bridgehead atoms. The van der Waals surface area contributed by atoms with Crippen LogP contribution in [0.5, 0.6) is 0 Å². The molecule has 0 amide bonds. The highest BCUT2D eigenvalue weighted by Gasteiger charge is 2.18. The molecule has 7 nitrogen and oxygen atoms in total. The summed E-state index contributed by atoms with van der Waals surface area (Å²) in [6.45, 7) is 0. The Labute approximate surface area is 139 Å². The molecule has 0 aliphatic rings. The molecule has 0 spiro atoms. The van der Waals surface area contributed by atoms with Crippen LogP contribution in [0.1, 0.15) is 11.3 Å². The Morgan fingerprint density at radius 1 is 0.760 bits per heavy atom. The predicted octanol–water partition coefficient (Wildman–Crippen LogP) is 0.641.